The maximum Gasteiger partial charge on any atom is 0.243 e. The molecule has 0 bridgehead atoms. The molecular formula is C54H54Cl2N4O2S. The normalized spacial score (nSPS) is 17.5. The molecule has 63 heavy (non-hydrogen) atoms. The number of hydrogen-bond acceptors (Lipinski definition) is 5. The molecule has 2 unspecified atom stereocenters. The molecule has 9 heteroatoms. The Bertz CT molecular complexity index is 2680. The van der Waals surface area contributed by atoms with Gasteiger partial charge in [0.2, 0.25) is 10.0 Å². The summed E-state index contributed by atoms with van der Waals surface area (Å²) in [6.45, 7) is 10.8. The standard InChI is InChI=1S/C30H29ClN2O2S.C24H25ClN2/c1-23-12-17-29(31)28(20-23)25-15-13-24(14-16-25)21-32-18-19-33(30(22-32)26-8-4-2-5-9-26)36(34,35)27-10-6-3-7-11-27;1-18-7-12-23(25)22(15-18)20-10-8-19(9-11-20)16-27-14-13-26-24(17-27)21-5-3-2-4-6-21/h2-17,20,30H,18-19,21-22H2,1H3;2-12,15,24,26H,13-14,16-17H2,1H3. The maximum absolute atomic E-state index is 13.6. The van der Waals surface area contributed by atoms with E-state index in [1.54, 1.807) is 28.6 Å². The lowest BCUT2D eigenvalue weighted by Crippen LogP contribution is -2.50. The quantitative estimate of drug-likeness (QED) is 0.148. The van der Waals surface area contributed by atoms with Crippen LogP contribution in [0.15, 0.2) is 181 Å². The molecule has 9 rings (SSSR count). The zero-order valence-electron chi connectivity index (χ0n) is 35.9. The summed E-state index contributed by atoms with van der Waals surface area (Å²) in [5, 5.41) is 5.19. The Labute approximate surface area is 383 Å². The van der Waals surface area contributed by atoms with Crippen LogP contribution >= 0.6 is 23.2 Å². The summed E-state index contributed by atoms with van der Waals surface area (Å²) in [4.78, 5) is 5.20. The molecule has 0 radical (unpaired) electrons. The van der Waals surface area contributed by atoms with E-state index in [1.807, 2.05) is 60.7 Å². The predicted molar refractivity (Wildman–Crippen MR) is 261 cm³/mol. The fourth-order valence-electron chi connectivity index (χ4n) is 8.61. The van der Waals surface area contributed by atoms with E-state index >= 15 is 0 Å². The average Bonchev–Trinajstić information content (AvgIpc) is 3.32. The Hall–Kier alpha value is -5.09. The lowest BCUT2D eigenvalue weighted by Gasteiger charge is -2.41. The fraction of sp³-hybridized carbons (Fsp3) is 0.222. The van der Waals surface area contributed by atoms with Crippen molar-refractivity contribution in [3.05, 3.63) is 219 Å². The van der Waals surface area contributed by atoms with Crippen LogP contribution in [0, 0.1) is 13.8 Å². The first-order chi connectivity index (χ1) is 30.6. The number of nitrogens with one attached hydrogen (secondary N) is 1. The van der Waals surface area contributed by atoms with E-state index in [4.69, 9.17) is 23.2 Å². The second-order valence-electron chi connectivity index (χ2n) is 16.6. The molecule has 1 N–H and O–H groups in total. The zero-order chi connectivity index (χ0) is 43.8. The van der Waals surface area contributed by atoms with Crippen LogP contribution in [0.3, 0.4) is 0 Å². The Morgan fingerprint density at radius 2 is 1.02 bits per heavy atom. The number of hydrogen-bond donors (Lipinski definition) is 1. The van der Waals surface area contributed by atoms with Gasteiger partial charge < -0.3 is 5.32 Å². The number of nitrogens with zero attached hydrogens (tertiary/aromatic N) is 3. The summed E-state index contributed by atoms with van der Waals surface area (Å²) in [6.07, 6.45) is 0. The highest BCUT2D eigenvalue weighted by molar-refractivity contribution is 7.89. The third kappa shape index (κ3) is 11.2. The van der Waals surface area contributed by atoms with E-state index in [2.05, 4.69) is 120 Å². The fourth-order valence-corrected chi connectivity index (χ4v) is 10.7. The van der Waals surface area contributed by atoms with E-state index in [-0.39, 0.29) is 6.04 Å². The summed E-state index contributed by atoms with van der Waals surface area (Å²) in [5.41, 5.74) is 11.7. The van der Waals surface area contributed by atoms with Gasteiger partial charge in [-0.2, -0.15) is 4.31 Å². The Balaban J connectivity index is 0.000000180. The lowest BCUT2D eigenvalue weighted by molar-refractivity contribution is 0.129. The molecule has 0 aromatic heterocycles. The van der Waals surface area contributed by atoms with Crippen LogP contribution < -0.4 is 5.32 Å². The van der Waals surface area contributed by atoms with Crippen LogP contribution in [-0.2, 0) is 23.1 Å². The molecule has 7 aromatic carbocycles. The first kappa shape index (κ1) is 44.5. The van der Waals surface area contributed by atoms with Gasteiger partial charge in [0.25, 0.3) is 0 Å². The predicted octanol–water partition coefficient (Wildman–Crippen LogP) is 12.0. The molecule has 2 fully saturated rings. The van der Waals surface area contributed by atoms with E-state index in [9.17, 15) is 8.42 Å². The minimum absolute atomic E-state index is 0.254. The van der Waals surface area contributed by atoms with Crippen molar-refractivity contribution < 1.29 is 8.42 Å². The van der Waals surface area contributed by atoms with Crippen LogP contribution in [-0.4, -0.2) is 61.8 Å². The first-order valence-electron chi connectivity index (χ1n) is 21.7. The number of halogens is 2. The van der Waals surface area contributed by atoms with E-state index in [0.29, 0.717) is 30.6 Å². The minimum Gasteiger partial charge on any atom is -0.308 e. The Kier molecular flexibility index (Phi) is 14.6. The molecule has 0 aliphatic carbocycles. The topological polar surface area (TPSA) is 55.9 Å². The van der Waals surface area contributed by atoms with Crippen molar-refractivity contribution >= 4 is 33.2 Å². The summed E-state index contributed by atoms with van der Waals surface area (Å²) in [7, 11) is -3.61. The number of benzene rings is 7. The van der Waals surface area contributed by atoms with Crippen molar-refractivity contribution in [2.75, 3.05) is 39.3 Å². The highest BCUT2D eigenvalue weighted by Crippen LogP contribution is 2.34. The number of piperazine rings is 2. The lowest BCUT2D eigenvalue weighted by atomic mass is 10.0. The largest absolute Gasteiger partial charge is 0.308 e. The molecule has 2 heterocycles. The van der Waals surface area contributed by atoms with E-state index in [1.165, 1.54) is 33.4 Å². The van der Waals surface area contributed by atoms with Crippen molar-refractivity contribution in [2.24, 2.45) is 0 Å². The monoisotopic (exact) mass is 892 g/mol. The molecule has 322 valence electrons. The molecule has 0 amide bonds. The van der Waals surface area contributed by atoms with Crippen molar-refractivity contribution in [3.8, 4) is 22.3 Å². The molecule has 0 saturated carbocycles. The van der Waals surface area contributed by atoms with Crippen LogP contribution in [0.5, 0.6) is 0 Å². The number of sulfonamides is 1. The molecular weight excluding hydrogens is 840 g/mol. The summed E-state index contributed by atoms with van der Waals surface area (Å²) in [6, 6.07) is 59.1. The highest BCUT2D eigenvalue weighted by atomic mass is 35.5. The van der Waals surface area contributed by atoms with Crippen molar-refractivity contribution in [3.63, 3.8) is 0 Å². The molecule has 7 aromatic rings. The van der Waals surface area contributed by atoms with Crippen LogP contribution in [0.2, 0.25) is 10.0 Å². The van der Waals surface area contributed by atoms with Crippen molar-refractivity contribution in [1.29, 1.82) is 0 Å². The van der Waals surface area contributed by atoms with Crippen LogP contribution in [0.25, 0.3) is 22.3 Å². The van der Waals surface area contributed by atoms with Gasteiger partial charge >= 0.3 is 0 Å². The summed E-state index contributed by atoms with van der Waals surface area (Å²) in [5.74, 6) is 0. The molecule has 2 aliphatic heterocycles. The smallest absolute Gasteiger partial charge is 0.243 e. The van der Waals surface area contributed by atoms with Gasteiger partial charge in [0, 0.05) is 79.6 Å². The van der Waals surface area contributed by atoms with Crippen molar-refractivity contribution in [1.82, 2.24) is 19.4 Å². The zero-order valence-corrected chi connectivity index (χ0v) is 38.2. The van der Waals surface area contributed by atoms with Gasteiger partial charge in [-0.15, -0.1) is 0 Å². The molecule has 6 nitrogen and oxygen atoms in total. The maximum atomic E-state index is 13.6. The van der Waals surface area contributed by atoms with E-state index < -0.39 is 10.0 Å². The van der Waals surface area contributed by atoms with Crippen molar-refractivity contribution in [2.45, 2.75) is 43.9 Å². The molecule has 2 saturated heterocycles. The second kappa shape index (κ2) is 20.6. The van der Waals surface area contributed by atoms with Gasteiger partial charge in [-0.05, 0) is 83.6 Å². The molecule has 2 atom stereocenters. The third-order valence-corrected chi connectivity index (χ3v) is 14.6. The van der Waals surface area contributed by atoms with Gasteiger partial charge in [0.15, 0.2) is 0 Å². The molecule has 2 aliphatic rings. The van der Waals surface area contributed by atoms with E-state index in [0.717, 1.165) is 65.0 Å². The van der Waals surface area contributed by atoms with Crippen LogP contribution in [0.1, 0.15) is 45.5 Å². The summed E-state index contributed by atoms with van der Waals surface area (Å²) < 4.78 is 28.8. The minimum atomic E-state index is -3.61. The van der Waals surface area contributed by atoms with Gasteiger partial charge in [0.1, 0.15) is 0 Å². The number of aryl methyl sites for hydroxylation is 2. The Morgan fingerprint density at radius 3 is 1.54 bits per heavy atom. The Morgan fingerprint density at radius 1 is 0.540 bits per heavy atom. The third-order valence-electron chi connectivity index (χ3n) is 12.0. The van der Waals surface area contributed by atoms with Gasteiger partial charge in [-0.25, -0.2) is 8.42 Å². The van der Waals surface area contributed by atoms with Gasteiger partial charge in [-0.1, -0.05) is 174 Å². The van der Waals surface area contributed by atoms with Gasteiger partial charge in [0.05, 0.1) is 10.9 Å². The molecule has 0 spiro atoms. The average molecular weight is 894 g/mol. The SMILES string of the molecule is Cc1ccc(Cl)c(-c2ccc(CN3CCN(S(=O)(=O)c4ccccc4)C(c4ccccc4)C3)cc2)c1.Cc1ccc(Cl)c(-c2ccc(CN3CCNC(c4ccccc4)C3)cc2)c1. The van der Waals surface area contributed by atoms with Gasteiger partial charge in [-0.3, -0.25) is 9.80 Å². The highest BCUT2D eigenvalue weighted by Gasteiger charge is 2.37. The van der Waals surface area contributed by atoms with Crippen LogP contribution in [0.4, 0.5) is 0 Å². The summed E-state index contributed by atoms with van der Waals surface area (Å²) >= 11 is 12.8. The first-order valence-corrected chi connectivity index (χ1v) is 23.9. The second-order valence-corrected chi connectivity index (χ2v) is 19.3. The number of rotatable bonds is 10.